The van der Waals surface area contributed by atoms with Crippen LogP contribution in [0.3, 0.4) is 0 Å². The normalized spacial score (nSPS) is 18.1. The van der Waals surface area contributed by atoms with Gasteiger partial charge in [-0.25, -0.2) is 0 Å². The Hall–Kier alpha value is -1.35. The highest BCUT2D eigenvalue weighted by atomic mass is 16.4. The van der Waals surface area contributed by atoms with E-state index in [0.29, 0.717) is 12.0 Å². The number of rotatable bonds is 6. The van der Waals surface area contributed by atoms with Crippen molar-refractivity contribution in [1.29, 1.82) is 0 Å². The van der Waals surface area contributed by atoms with Crippen LogP contribution in [0.4, 0.5) is 0 Å². The van der Waals surface area contributed by atoms with Gasteiger partial charge in [-0.1, -0.05) is 51.0 Å². The molecule has 1 saturated carbocycles. The Kier molecular flexibility index (Phi) is 6.44. The van der Waals surface area contributed by atoms with Crippen LogP contribution in [0.5, 0.6) is 0 Å². The summed E-state index contributed by atoms with van der Waals surface area (Å²) < 4.78 is 0. The zero-order valence-corrected chi connectivity index (χ0v) is 13.9. The highest BCUT2D eigenvalue weighted by Gasteiger charge is 2.23. The van der Waals surface area contributed by atoms with Gasteiger partial charge in [-0.05, 0) is 37.2 Å². The summed E-state index contributed by atoms with van der Waals surface area (Å²) in [5, 5.41) is 11.1. The molecule has 1 unspecified atom stereocenters. The second kappa shape index (κ2) is 8.33. The minimum absolute atomic E-state index is 0.122. The molecular weight excluding hydrogens is 274 g/mol. The fourth-order valence-corrected chi connectivity index (χ4v) is 3.51. The molecule has 0 radical (unpaired) electrons. The first-order valence-electron chi connectivity index (χ1n) is 8.69. The number of carboxylic acids is 1. The first-order chi connectivity index (χ1) is 10.6. The Labute approximate surface area is 134 Å². The molecule has 1 aliphatic carbocycles. The van der Waals surface area contributed by atoms with Crippen LogP contribution in [0.1, 0.15) is 69.4 Å². The summed E-state index contributed by atoms with van der Waals surface area (Å²) in [6.45, 7) is 5.29. The summed E-state index contributed by atoms with van der Waals surface area (Å²) in [7, 11) is 0. The number of hydrogen-bond acceptors (Lipinski definition) is 2. The molecule has 3 nitrogen and oxygen atoms in total. The lowest BCUT2D eigenvalue weighted by atomic mass is 10.0. The summed E-state index contributed by atoms with van der Waals surface area (Å²) in [6, 6.07) is 9.11. The van der Waals surface area contributed by atoms with E-state index in [1.807, 2.05) is 0 Å². The van der Waals surface area contributed by atoms with E-state index in [9.17, 15) is 9.90 Å². The van der Waals surface area contributed by atoms with Crippen molar-refractivity contribution >= 4 is 5.97 Å². The number of carboxylic acid groups (broad SMARTS) is 1. The lowest BCUT2D eigenvalue weighted by Gasteiger charge is -2.28. The third kappa shape index (κ3) is 5.13. The van der Waals surface area contributed by atoms with Crippen LogP contribution in [0.15, 0.2) is 24.3 Å². The van der Waals surface area contributed by atoms with Gasteiger partial charge in [-0.2, -0.15) is 0 Å². The number of nitrogens with one attached hydrogen (secondary N) is 1. The van der Waals surface area contributed by atoms with Gasteiger partial charge in [0.1, 0.15) is 13.1 Å². The van der Waals surface area contributed by atoms with E-state index in [2.05, 4.69) is 38.1 Å². The smallest absolute Gasteiger partial charge is 0.118 e. The zero-order valence-electron chi connectivity index (χ0n) is 13.9. The molecule has 3 heteroatoms. The first-order valence-corrected chi connectivity index (χ1v) is 8.69. The maximum Gasteiger partial charge on any atom is 0.118 e. The van der Waals surface area contributed by atoms with Crippen molar-refractivity contribution in [3.63, 3.8) is 0 Å². The van der Waals surface area contributed by atoms with Crippen LogP contribution in [0.2, 0.25) is 0 Å². The molecule has 1 aromatic rings. The van der Waals surface area contributed by atoms with Crippen molar-refractivity contribution in [2.45, 2.75) is 70.9 Å². The fraction of sp³-hybridized carbons (Fsp3) is 0.632. The van der Waals surface area contributed by atoms with E-state index in [1.165, 1.54) is 41.7 Å². The van der Waals surface area contributed by atoms with Gasteiger partial charge in [0.15, 0.2) is 0 Å². The molecule has 1 atom stereocenters. The Morgan fingerprint density at radius 1 is 1.14 bits per heavy atom. The molecule has 1 fully saturated rings. The van der Waals surface area contributed by atoms with Crippen molar-refractivity contribution in [1.82, 2.24) is 0 Å². The number of carbonyl (C=O) groups excluding carboxylic acids is 1. The standard InChI is InChI=1S/C19H29NO2/c1-15(2)17-11-9-16(10-12-17)13-20(14-19(21)22)18-7-5-3-4-6-8-18/h9-12,15,18H,3-8,13-14H2,1-2H3,(H,21,22). The minimum atomic E-state index is -0.932. The van der Waals surface area contributed by atoms with Gasteiger partial charge < -0.3 is 14.8 Å². The molecule has 2 rings (SSSR count). The van der Waals surface area contributed by atoms with Crippen molar-refractivity contribution in [2.75, 3.05) is 6.54 Å². The SMILES string of the molecule is CC(C)c1ccc(C[NH+](CC(=O)[O-])C2CCCCCC2)cc1. The molecule has 0 bridgehead atoms. The van der Waals surface area contributed by atoms with Gasteiger partial charge in [-0.15, -0.1) is 0 Å². The lowest BCUT2D eigenvalue weighted by molar-refractivity contribution is -0.934. The summed E-state index contributed by atoms with van der Waals surface area (Å²) in [6.07, 6.45) is 7.33. The van der Waals surface area contributed by atoms with Crippen LogP contribution in [0, 0.1) is 0 Å². The van der Waals surface area contributed by atoms with E-state index in [0.717, 1.165) is 19.4 Å². The van der Waals surface area contributed by atoms with Crippen LogP contribution in [-0.4, -0.2) is 18.6 Å². The number of quaternary nitrogens is 1. The first kappa shape index (κ1) is 17.0. The summed E-state index contributed by atoms with van der Waals surface area (Å²) in [4.78, 5) is 12.3. The van der Waals surface area contributed by atoms with Crippen LogP contribution < -0.4 is 10.0 Å². The third-order valence-corrected chi connectivity index (χ3v) is 4.88. The second-order valence-corrected chi connectivity index (χ2v) is 6.97. The molecule has 0 aliphatic heterocycles. The van der Waals surface area contributed by atoms with Gasteiger partial charge in [0.05, 0.1) is 12.0 Å². The summed E-state index contributed by atoms with van der Waals surface area (Å²) >= 11 is 0. The monoisotopic (exact) mass is 303 g/mol. The average Bonchev–Trinajstić information content (AvgIpc) is 2.75. The Morgan fingerprint density at radius 3 is 2.23 bits per heavy atom. The molecule has 0 aromatic heterocycles. The Morgan fingerprint density at radius 2 is 1.73 bits per heavy atom. The Bertz CT molecular complexity index is 459. The summed E-state index contributed by atoms with van der Waals surface area (Å²) in [5.74, 6) is -0.402. The highest BCUT2D eigenvalue weighted by Crippen LogP contribution is 2.17. The van der Waals surface area contributed by atoms with E-state index in [-0.39, 0.29) is 6.54 Å². The number of carbonyl (C=O) groups is 1. The fourth-order valence-electron chi connectivity index (χ4n) is 3.51. The number of benzene rings is 1. The van der Waals surface area contributed by atoms with Crippen molar-refractivity contribution in [3.05, 3.63) is 35.4 Å². The third-order valence-electron chi connectivity index (χ3n) is 4.88. The van der Waals surface area contributed by atoms with Gasteiger partial charge in [0.25, 0.3) is 0 Å². The van der Waals surface area contributed by atoms with E-state index >= 15 is 0 Å². The number of aliphatic carboxylic acids is 1. The van der Waals surface area contributed by atoms with E-state index in [4.69, 9.17) is 0 Å². The maximum atomic E-state index is 11.1. The van der Waals surface area contributed by atoms with E-state index < -0.39 is 5.97 Å². The Balaban J connectivity index is 2.06. The molecule has 1 aromatic carbocycles. The quantitative estimate of drug-likeness (QED) is 0.813. The minimum Gasteiger partial charge on any atom is -0.544 e. The zero-order chi connectivity index (χ0) is 15.9. The lowest BCUT2D eigenvalue weighted by Crippen LogP contribution is -3.15. The molecule has 1 aliphatic rings. The van der Waals surface area contributed by atoms with Gasteiger partial charge >= 0.3 is 0 Å². The molecule has 1 N–H and O–H groups in total. The van der Waals surface area contributed by atoms with Crippen molar-refractivity contribution in [3.8, 4) is 0 Å². The van der Waals surface area contributed by atoms with Crippen LogP contribution in [-0.2, 0) is 11.3 Å². The van der Waals surface area contributed by atoms with Crippen LogP contribution in [0.25, 0.3) is 0 Å². The molecular formula is C19H29NO2. The highest BCUT2D eigenvalue weighted by molar-refractivity contribution is 5.65. The topological polar surface area (TPSA) is 44.6 Å². The molecule has 122 valence electrons. The van der Waals surface area contributed by atoms with Crippen LogP contribution >= 0.6 is 0 Å². The molecule has 0 saturated heterocycles. The molecule has 0 amide bonds. The molecule has 0 heterocycles. The van der Waals surface area contributed by atoms with Crippen molar-refractivity contribution < 1.29 is 14.8 Å². The van der Waals surface area contributed by atoms with Crippen molar-refractivity contribution in [2.24, 2.45) is 0 Å². The molecule has 22 heavy (non-hydrogen) atoms. The van der Waals surface area contributed by atoms with Gasteiger partial charge in [0.2, 0.25) is 0 Å². The second-order valence-electron chi connectivity index (χ2n) is 6.97. The summed E-state index contributed by atoms with van der Waals surface area (Å²) in [5.41, 5.74) is 2.56. The van der Waals surface area contributed by atoms with Gasteiger partial charge in [-0.3, -0.25) is 0 Å². The average molecular weight is 303 g/mol. The number of hydrogen-bond donors (Lipinski definition) is 1. The largest absolute Gasteiger partial charge is 0.544 e. The van der Waals surface area contributed by atoms with Gasteiger partial charge in [0, 0.05) is 5.56 Å². The molecule has 0 spiro atoms. The predicted octanol–water partition coefficient (Wildman–Crippen LogP) is 1.67. The predicted molar refractivity (Wildman–Crippen MR) is 86.6 cm³/mol. The maximum absolute atomic E-state index is 11.1. The van der Waals surface area contributed by atoms with E-state index in [1.54, 1.807) is 0 Å².